The summed E-state index contributed by atoms with van der Waals surface area (Å²) >= 11 is 0. The number of nitrogens with two attached hydrogens (primary N) is 1. The standard InChI is InChI=1S/C40H69NO8/c1-28(2)8-7-9-29(3)34-12-13-35-33-11-10-31-26-32(14-16-38(31,5)36(33)15-17-39(34,35)6)49-40(30(4)42,37(43)44)27-48-25-24-47-23-22-46-21-20-45-19-18-41/h10,28-29,32-36H,7-9,11-27,41H2,1-6H3,(H,43,44)/t29-,32+,33?,34-,35?,36?,38+,39-,40?/m1/s1. The summed E-state index contributed by atoms with van der Waals surface area (Å²) in [6.45, 7) is 16.4. The predicted molar refractivity (Wildman–Crippen MR) is 191 cm³/mol. The van der Waals surface area contributed by atoms with Gasteiger partial charge in [-0.15, -0.1) is 0 Å². The molecule has 0 bridgehead atoms. The van der Waals surface area contributed by atoms with Crippen LogP contribution in [0.3, 0.4) is 0 Å². The van der Waals surface area contributed by atoms with Gasteiger partial charge >= 0.3 is 5.97 Å². The molecule has 0 aromatic rings. The van der Waals surface area contributed by atoms with E-state index in [1.165, 1.54) is 57.4 Å². The van der Waals surface area contributed by atoms with Crippen LogP contribution in [0, 0.1) is 46.3 Å². The summed E-state index contributed by atoms with van der Waals surface area (Å²) in [7, 11) is 0. The van der Waals surface area contributed by atoms with Crippen molar-refractivity contribution in [3.63, 3.8) is 0 Å². The number of allylic oxidation sites excluding steroid dienone is 1. The first-order valence-corrected chi connectivity index (χ1v) is 19.5. The van der Waals surface area contributed by atoms with Crippen LogP contribution in [0.25, 0.3) is 0 Å². The largest absolute Gasteiger partial charge is 0.479 e. The maximum absolute atomic E-state index is 12.9. The number of hydrogen-bond donors (Lipinski definition) is 2. The van der Waals surface area contributed by atoms with Gasteiger partial charge in [0, 0.05) is 6.54 Å². The Morgan fingerprint density at radius 3 is 2.16 bits per heavy atom. The summed E-state index contributed by atoms with van der Waals surface area (Å²) in [5.74, 6) is 2.77. The normalized spacial score (nSPS) is 32.9. The molecular weight excluding hydrogens is 622 g/mol. The van der Waals surface area contributed by atoms with Crippen LogP contribution >= 0.6 is 0 Å². The van der Waals surface area contributed by atoms with Crippen LogP contribution < -0.4 is 5.73 Å². The highest BCUT2D eigenvalue weighted by Crippen LogP contribution is 2.67. The quantitative estimate of drug-likeness (QED) is 0.0712. The number of carboxylic acid groups (broad SMARTS) is 1. The van der Waals surface area contributed by atoms with Crippen molar-refractivity contribution >= 4 is 11.8 Å². The van der Waals surface area contributed by atoms with Crippen molar-refractivity contribution in [1.29, 1.82) is 0 Å². The van der Waals surface area contributed by atoms with Crippen molar-refractivity contribution in [2.24, 2.45) is 52.1 Å². The second-order valence-corrected chi connectivity index (χ2v) is 16.6. The maximum atomic E-state index is 12.9. The summed E-state index contributed by atoms with van der Waals surface area (Å²) in [6.07, 6.45) is 15.1. The van der Waals surface area contributed by atoms with E-state index in [1.807, 2.05) is 0 Å². The van der Waals surface area contributed by atoms with Crippen LogP contribution in [0.1, 0.15) is 112 Å². The second-order valence-electron chi connectivity index (χ2n) is 16.6. The molecule has 0 radical (unpaired) electrons. The highest BCUT2D eigenvalue weighted by atomic mass is 16.6. The number of aliphatic carboxylic acids is 1. The predicted octanol–water partition coefficient (Wildman–Crippen LogP) is 6.85. The molecule has 4 aliphatic carbocycles. The van der Waals surface area contributed by atoms with E-state index in [9.17, 15) is 14.7 Å². The van der Waals surface area contributed by atoms with E-state index in [-0.39, 0.29) is 31.3 Å². The third kappa shape index (κ3) is 9.55. The van der Waals surface area contributed by atoms with Crippen LogP contribution in [-0.2, 0) is 33.3 Å². The minimum atomic E-state index is -2.03. The van der Waals surface area contributed by atoms with E-state index in [0.29, 0.717) is 57.3 Å². The number of carboxylic acids is 1. The fraction of sp³-hybridized carbons (Fsp3) is 0.900. The van der Waals surface area contributed by atoms with Gasteiger partial charge in [-0.05, 0) is 105 Å². The zero-order valence-electron chi connectivity index (χ0n) is 31.6. The van der Waals surface area contributed by atoms with E-state index in [0.717, 1.165) is 48.9 Å². The maximum Gasteiger partial charge on any atom is 0.346 e. The molecule has 3 fully saturated rings. The highest BCUT2D eigenvalue weighted by Gasteiger charge is 2.59. The molecule has 49 heavy (non-hydrogen) atoms. The molecule has 0 spiro atoms. The molecule has 3 saturated carbocycles. The lowest BCUT2D eigenvalue weighted by atomic mass is 9.47. The topological polar surface area (TPSA) is 127 Å². The highest BCUT2D eigenvalue weighted by molar-refractivity contribution is 6.05. The van der Waals surface area contributed by atoms with Crippen molar-refractivity contribution in [1.82, 2.24) is 0 Å². The van der Waals surface area contributed by atoms with Gasteiger partial charge < -0.3 is 34.5 Å². The Balaban J connectivity index is 1.30. The number of hydrogen-bond acceptors (Lipinski definition) is 8. The molecule has 0 aromatic heterocycles. The molecule has 0 aromatic carbocycles. The van der Waals surface area contributed by atoms with Crippen molar-refractivity contribution in [3.05, 3.63) is 11.6 Å². The van der Waals surface area contributed by atoms with Gasteiger partial charge in [0.05, 0.1) is 59.0 Å². The lowest BCUT2D eigenvalue weighted by Gasteiger charge is -2.58. The number of fused-ring (bicyclic) bond motifs is 5. The smallest absolute Gasteiger partial charge is 0.346 e. The average Bonchev–Trinajstić information content (AvgIpc) is 3.41. The van der Waals surface area contributed by atoms with E-state index in [2.05, 4.69) is 40.7 Å². The van der Waals surface area contributed by atoms with Crippen LogP contribution in [-0.4, -0.2) is 88.0 Å². The number of carbonyl (C=O) groups is 2. The molecule has 9 heteroatoms. The molecule has 0 aliphatic heterocycles. The van der Waals surface area contributed by atoms with E-state index < -0.39 is 17.4 Å². The number of Topliss-reactive ketones (excluding diaryl/α,β-unsaturated/α-hetero) is 1. The summed E-state index contributed by atoms with van der Waals surface area (Å²) in [4.78, 5) is 25.5. The van der Waals surface area contributed by atoms with Crippen LogP contribution in [0.2, 0.25) is 0 Å². The molecule has 4 aliphatic rings. The number of carbonyl (C=O) groups excluding carboxylic acids is 1. The fourth-order valence-electron chi connectivity index (χ4n) is 10.5. The first-order valence-electron chi connectivity index (χ1n) is 19.5. The molecular formula is C40H69NO8. The number of ether oxygens (including phenoxy) is 5. The van der Waals surface area contributed by atoms with Gasteiger partial charge in [0.25, 0.3) is 0 Å². The van der Waals surface area contributed by atoms with Crippen LogP contribution in [0.5, 0.6) is 0 Å². The summed E-state index contributed by atoms with van der Waals surface area (Å²) in [5, 5.41) is 10.3. The van der Waals surface area contributed by atoms with Gasteiger partial charge in [0.1, 0.15) is 0 Å². The van der Waals surface area contributed by atoms with Crippen LogP contribution in [0.4, 0.5) is 0 Å². The first kappa shape index (κ1) is 40.4. The van der Waals surface area contributed by atoms with Gasteiger partial charge in [-0.1, -0.05) is 65.5 Å². The van der Waals surface area contributed by atoms with Gasteiger partial charge in [-0.3, -0.25) is 4.79 Å². The van der Waals surface area contributed by atoms with Crippen molar-refractivity contribution in [3.8, 4) is 0 Å². The van der Waals surface area contributed by atoms with E-state index >= 15 is 0 Å². The molecule has 0 heterocycles. The molecule has 282 valence electrons. The third-order valence-electron chi connectivity index (χ3n) is 13.2. The zero-order chi connectivity index (χ0) is 35.7. The lowest BCUT2D eigenvalue weighted by Crippen LogP contribution is -2.56. The Labute approximate surface area is 296 Å². The Bertz CT molecular complexity index is 1080. The number of rotatable bonds is 22. The Kier molecular flexibility index (Phi) is 15.2. The molecule has 4 unspecified atom stereocenters. The monoisotopic (exact) mass is 692 g/mol. The molecule has 9 atom stereocenters. The summed E-state index contributed by atoms with van der Waals surface area (Å²) < 4.78 is 28.2. The Morgan fingerprint density at radius 2 is 1.55 bits per heavy atom. The lowest BCUT2D eigenvalue weighted by molar-refractivity contribution is -0.191. The van der Waals surface area contributed by atoms with Gasteiger partial charge in [0.15, 0.2) is 5.78 Å². The molecule has 9 nitrogen and oxygen atoms in total. The minimum Gasteiger partial charge on any atom is -0.479 e. The second kappa shape index (κ2) is 18.4. The van der Waals surface area contributed by atoms with Gasteiger partial charge in [-0.2, -0.15) is 0 Å². The van der Waals surface area contributed by atoms with Gasteiger partial charge in [0.2, 0.25) is 5.60 Å². The molecule has 0 saturated heterocycles. The fourth-order valence-corrected chi connectivity index (χ4v) is 10.5. The minimum absolute atomic E-state index is 0.113. The van der Waals surface area contributed by atoms with E-state index in [4.69, 9.17) is 29.4 Å². The Hall–Kier alpha value is -1.36. The van der Waals surface area contributed by atoms with Crippen molar-refractivity contribution < 1.29 is 38.4 Å². The van der Waals surface area contributed by atoms with Crippen LogP contribution in [0.15, 0.2) is 11.6 Å². The molecule has 0 amide bonds. The summed E-state index contributed by atoms with van der Waals surface area (Å²) in [5.41, 5.74) is 5.33. The van der Waals surface area contributed by atoms with E-state index in [1.54, 1.807) is 0 Å². The first-order chi connectivity index (χ1) is 23.4. The van der Waals surface area contributed by atoms with Crippen molar-refractivity contribution in [2.45, 2.75) is 124 Å². The number of ketones is 1. The zero-order valence-corrected chi connectivity index (χ0v) is 31.6. The summed E-state index contributed by atoms with van der Waals surface area (Å²) in [6, 6.07) is 0. The SMILES string of the molecule is CC(=O)C(COCCOCCOCCOCCN)(O[C@H]1CC[C@@]2(C)C(=CCC3C2CC[C@@]2(C)C3CC[C@@H]2[C@H](C)CCCC(C)C)C1)C(=O)O. The van der Waals surface area contributed by atoms with Gasteiger partial charge in [-0.25, -0.2) is 4.79 Å². The molecule has 3 N–H and O–H groups in total. The van der Waals surface area contributed by atoms with Crippen molar-refractivity contribution in [2.75, 3.05) is 59.4 Å². The third-order valence-corrected chi connectivity index (χ3v) is 13.2. The average molecular weight is 692 g/mol. The Morgan fingerprint density at radius 1 is 0.898 bits per heavy atom. The molecule has 4 rings (SSSR count).